The van der Waals surface area contributed by atoms with Crippen molar-refractivity contribution in [3.05, 3.63) is 29.8 Å². The number of esters is 1. The van der Waals surface area contributed by atoms with E-state index < -0.39 is 5.60 Å². The summed E-state index contributed by atoms with van der Waals surface area (Å²) in [6.07, 6.45) is 0.904. The van der Waals surface area contributed by atoms with Crippen LogP contribution < -0.4 is 4.74 Å². The summed E-state index contributed by atoms with van der Waals surface area (Å²) in [4.78, 5) is 23.6. The van der Waals surface area contributed by atoms with Crippen LogP contribution in [0.1, 0.15) is 18.4 Å². The van der Waals surface area contributed by atoms with Gasteiger partial charge in [0.05, 0.1) is 12.5 Å². The molecule has 3 rings (SSSR count). The van der Waals surface area contributed by atoms with Crippen LogP contribution in [0, 0.1) is 18.8 Å². The summed E-state index contributed by atoms with van der Waals surface area (Å²) in [5.41, 5.74) is -0.312. The number of ether oxygens (including phenoxy) is 2. The maximum absolute atomic E-state index is 12.1. The summed E-state index contributed by atoms with van der Waals surface area (Å²) < 4.78 is 10.3. The third kappa shape index (κ3) is 2.65. The van der Waals surface area contributed by atoms with Crippen LogP contribution in [0.2, 0.25) is 0 Å². The topological polar surface area (TPSA) is 72.8 Å². The van der Waals surface area contributed by atoms with Gasteiger partial charge >= 0.3 is 5.97 Å². The van der Waals surface area contributed by atoms with Crippen molar-refractivity contribution < 1.29 is 24.2 Å². The van der Waals surface area contributed by atoms with Crippen molar-refractivity contribution >= 4 is 11.8 Å². The van der Waals surface area contributed by atoms with Crippen molar-refractivity contribution in [1.82, 2.24) is 0 Å². The summed E-state index contributed by atoms with van der Waals surface area (Å²) in [5, 5.41) is 10.3. The van der Waals surface area contributed by atoms with E-state index in [-0.39, 0.29) is 30.2 Å². The number of aryl methyl sites for hydroxylation is 1. The van der Waals surface area contributed by atoms with E-state index in [1.54, 1.807) is 12.1 Å². The number of hydrogen-bond donors (Lipinski definition) is 1. The first-order valence-electron chi connectivity index (χ1n) is 7.12. The maximum Gasteiger partial charge on any atom is 0.309 e. The molecule has 5 nitrogen and oxygen atoms in total. The minimum Gasteiger partial charge on any atom is -0.486 e. The third-order valence-electron chi connectivity index (χ3n) is 4.32. The Balaban J connectivity index is 1.56. The maximum atomic E-state index is 12.1. The number of cyclic esters (lactones) is 1. The molecule has 1 aliphatic carbocycles. The zero-order valence-corrected chi connectivity index (χ0v) is 11.9. The molecule has 1 aliphatic heterocycles. The van der Waals surface area contributed by atoms with Crippen molar-refractivity contribution in [1.29, 1.82) is 0 Å². The quantitative estimate of drug-likeness (QED) is 0.826. The number of hydrogen-bond acceptors (Lipinski definition) is 5. The van der Waals surface area contributed by atoms with Gasteiger partial charge in [-0.15, -0.1) is 0 Å². The van der Waals surface area contributed by atoms with Crippen LogP contribution >= 0.6 is 0 Å². The molecule has 2 aliphatic rings. The minimum atomic E-state index is -1.42. The van der Waals surface area contributed by atoms with Crippen LogP contribution in [0.15, 0.2) is 24.3 Å². The van der Waals surface area contributed by atoms with Gasteiger partial charge in [-0.3, -0.25) is 9.59 Å². The lowest BCUT2D eigenvalue weighted by Gasteiger charge is -2.12. The lowest BCUT2D eigenvalue weighted by molar-refractivity contribution is -0.143. The molecule has 0 aromatic heterocycles. The first kappa shape index (κ1) is 14.1. The Kier molecular flexibility index (Phi) is 3.45. The predicted molar refractivity (Wildman–Crippen MR) is 73.8 cm³/mol. The molecule has 1 saturated heterocycles. The van der Waals surface area contributed by atoms with Crippen LogP contribution in [0.4, 0.5) is 0 Å². The number of benzene rings is 1. The van der Waals surface area contributed by atoms with Crippen molar-refractivity contribution in [2.24, 2.45) is 11.8 Å². The largest absolute Gasteiger partial charge is 0.486 e. The number of ketones is 1. The van der Waals surface area contributed by atoms with Gasteiger partial charge in [0.25, 0.3) is 0 Å². The number of aliphatic hydroxyl groups is 1. The Morgan fingerprint density at radius 3 is 2.76 bits per heavy atom. The second kappa shape index (κ2) is 5.15. The van der Waals surface area contributed by atoms with Gasteiger partial charge in [0.15, 0.2) is 0 Å². The highest BCUT2D eigenvalue weighted by molar-refractivity contribution is 5.93. The zero-order valence-electron chi connectivity index (χ0n) is 11.9. The molecule has 0 radical (unpaired) electrons. The molecule has 1 aromatic rings. The molecule has 5 heteroatoms. The zero-order chi connectivity index (χ0) is 15.0. The smallest absolute Gasteiger partial charge is 0.309 e. The Hall–Kier alpha value is -1.88. The van der Waals surface area contributed by atoms with Gasteiger partial charge in [-0.25, -0.2) is 0 Å². The second-order valence-electron chi connectivity index (χ2n) is 5.82. The van der Waals surface area contributed by atoms with Crippen molar-refractivity contribution in [2.75, 3.05) is 13.2 Å². The van der Waals surface area contributed by atoms with Crippen molar-refractivity contribution in [3.8, 4) is 5.75 Å². The molecule has 2 unspecified atom stereocenters. The fraction of sp³-hybridized carbons (Fsp3) is 0.500. The SMILES string of the molecule is Cc1ccc(OCC(=O)C2(O)CC2[C@H]2CCOC2=O)cc1. The minimum absolute atomic E-state index is 0.183. The summed E-state index contributed by atoms with van der Waals surface area (Å²) in [5.74, 6) is -0.745. The van der Waals surface area contributed by atoms with E-state index in [4.69, 9.17) is 9.47 Å². The monoisotopic (exact) mass is 290 g/mol. The summed E-state index contributed by atoms with van der Waals surface area (Å²) in [6.45, 7) is 2.16. The molecule has 0 bridgehead atoms. The van der Waals surface area contributed by atoms with Crippen molar-refractivity contribution in [3.63, 3.8) is 0 Å². The Labute approximate surface area is 122 Å². The summed E-state index contributed by atoms with van der Waals surface area (Å²) >= 11 is 0. The van der Waals surface area contributed by atoms with E-state index in [0.29, 0.717) is 25.2 Å². The molecule has 1 saturated carbocycles. The Morgan fingerprint density at radius 1 is 1.43 bits per heavy atom. The molecular weight excluding hydrogens is 272 g/mol. The predicted octanol–water partition coefficient (Wildman–Crippen LogP) is 1.26. The average Bonchev–Trinajstić information content (AvgIpc) is 2.97. The molecular formula is C16H18O5. The standard InChI is InChI=1S/C16H18O5/c1-10-2-4-11(5-3-10)21-9-14(17)16(19)8-13(16)12-6-7-20-15(12)18/h2-5,12-13,19H,6-9H2,1H3/t12-,13?,16?/m1/s1. The molecule has 2 fully saturated rings. The van der Waals surface area contributed by atoms with E-state index in [1.807, 2.05) is 19.1 Å². The van der Waals surface area contributed by atoms with Gasteiger partial charge in [-0.05, 0) is 31.9 Å². The highest BCUT2D eigenvalue weighted by Gasteiger charge is 2.63. The normalized spacial score (nSPS) is 30.9. The van der Waals surface area contributed by atoms with E-state index in [2.05, 4.69) is 0 Å². The molecule has 112 valence electrons. The Morgan fingerprint density at radius 2 is 2.14 bits per heavy atom. The number of rotatable bonds is 5. The lowest BCUT2D eigenvalue weighted by atomic mass is 9.98. The highest BCUT2D eigenvalue weighted by atomic mass is 16.5. The van der Waals surface area contributed by atoms with E-state index in [1.165, 1.54) is 0 Å². The first-order chi connectivity index (χ1) is 10.0. The van der Waals surface area contributed by atoms with Crippen molar-refractivity contribution in [2.45, 2.75) is 25.4 Å². The second-order valence-corrected chi connectivity index (χ2v) is 5.82. The number of Topliss-reactive ketones (excluding diaryl/α,β-unsaturated/α-hetero) is 1. The fourth-order valence-electron chi connectivity index (χ4n) is 2.86. The van der Waals surface area contributed by atoms with E-state index in [9.17, 15) is 14.7 Å². The van der Waals surface area contributed by atoms with Gasteiger partial charge in [0, 0.05) is 5.92 Å². The van der Waals surface area contributed by atoms with Crippen LogP contribution in [-0.2, 0) is 14.3 Å². The average molecular weight is 290 g/mol. The van der Waals surface area contributed by atoms with Gasteiger partial charge in [0.2, 0.25) is 5.78 Å². The first-order valence-corrected chi connectivity index (χ1v) is 7.12. The van der Waals surface area contributed by atoms with Gasteiger partial charge < -0.3 is 14.6 Å². The van der Waals surface area contributed by atoms with E-state index >= 15 is 0 Å². The molecule has 21 heavy (non-hydrogen) atoms. The molecule has 1 N–H and O–H groups in total. The number of carbonyl (C=O) groups excluding carboxylic acids is 2. The molecule has 0 amide bonds. The highest BCUT2D eigenvalue weighted by Crippen LogP contribution is 2.51. The molecule has 1 aromatic carbocycles. The van der Waals surface area contributed by atoms with Gasteiger partial charge in [-0.1, -0.05) is 17.7 Å². The summed E-state index contributed by atoms with van der Waals surface area (Å²) in [6, 6.07) is 7.35. The Bertz CT molecular complexity index is 565. The van der Waals surface area contributed by atoms with E-state index in [0.717, 1.165) is 5.56 Å². The molecule has 1 heterocycles. The van der Waals surface area contributed by atoms with Crippen LogP contribution in [0.25, 0.3) is 0 Å². The fourth-order valence-corrected chi connectivity index (χ4v) is 2.86. The molecule has 0 spiro atoms. The van der Waals surface area contributed by atoms with Crippen LogP contribution in [-0.4, -0.2) is 35.7 Å². The van der Waals surface area contributed by atoms with Crippen LogP contribution in [0.5, 0.6) is 5.75 Å². The molecule has 3 atom stereocenters. The van der Waals surface area contributed by atoms with Gasteiger partial charge in [-0.2, -0.15) is 0 Å². The lowest BCUT2D eigenvalue weighted by Crippen LogP contribution is -2.32. The third-order valence-corrected chi connectivity index (χ3v) is 4.32. The van der Waals surface area contributed by atoms with Crippen LogP contribution in [0.3, 0.4) is 0 Å². The summed E-state index contributed by atoms with van der Waals surface area (Å²) in [7, 11) is 0. The number of carbonyl (C=O) groups is 2. The van der Waals surface area contributed by atoms with Gasteiger partial charge in [0.1, 0.15) is 18.0 Å².